The Labute approximate surface area is 159 Å². The third-order valence-corrected chi connectivity index (χ3v) is 5.11. The van der Waals surface area contributed by atoms with Gasteiger partial charge in [-0.3, -0.25) is 9.59 Å². The SMILES string of the molecule is Cc1cc(=O)[nH]c(SC(C)C(=O)Nc2c(C(C)C)cccc2C(C)C)n1. The molecule has 5 nitrogen and oxygen atoms in total. The number of amides is 1. The van der Waals surface area contributed by atoms with E-state index in [1.54, 1.807) is 6.92 Å². The van der Waals surface area contributed by atoms with Crippen molar-refractivity contribution in [1.29, 1.82) is 0 Å². The molecular weight excluding hydrogens is 346 g/mol. The molecule has 1 aromatic carbocycles. The van der Waals surface area contributed by atoms with Gasteiger partial charge < -0.3 is 10.3 Å². The highest BCUT2D eigenvalue weighted by atomic mass is 32.2. The normalized spacial score (nSPS) is 12.5. The standard InChI is InChI=1S/C20H27N3O2S/c1-11(2)15-8-7-9-16(12(3)4)18(15)23-19(25)14(6)26-20-21-13(5)10-17(24)22-20/h7-12,14H,1-6H3,(H,23,25)(H,21,22,24). The molecule has 1 atom stereocenters. The van der Waals surface area contributed by atoms with Gasteiger partial charge in [0.05, 0.1) is 5.25 Å². The second kappa shape index (κ2) is 8.54. The monoisotopic (exact) mass is 373 g/mol. The van der Waals surface area contributed by atoms with Gasteiger partial charge in [0.15, 0.2) is 5.16 Å². The topological polar surface area (TPSA) is 74.8 Å². The van der Waals surface area contributed by atoms with Crippen molar-refractivity contribution in [1.82, 2.24) is 9.97 Å². The lowest BCUT2D eigenvalue weighted by atomic mass is 9.92. The zero-order valence-electron chi connectivity index (χ0n) is 16.2. The Balaban J connectivity index is 2.24. The van der Waals surface area contributed by atoms with E-state index >= 15 is 0 Å². The smallest absolute Gasteiger partial charge is 0.251 e. The van der Waals surface area contributed by atoms with Gasteiger partial charge in [-0.25, -0.2) is 4.98 Å². The van der Waals surface area contributed by atoms with Gasteiger partial charge in [0.2, 0.25) is 5.91 Å². The summed E-state index contributed by atoms with van der Waals surface area (Å²) in [6.07, 6.45) is 0. The number of H-pyrrole nitrogens is 1. The van der Waals surface area contributed by atoms with Crippen LogP contribution in [0.1, 0.15) is 63.3 Å². The summed E-state index contributed by atoms with van der Waals surface area (Å²) in [6.45, 7) is 12.1. The van der Waals surface area contributed by atoms with E-state index in [0.717, 1.165) is 16.8 Å². The van der Waals surface area contributed by atoms with Crippen molar-refractivity contribution in [2.24, 2.45) is 0 Å². The van der Waals surface area contributed by atoms with Crippen LogP contribution in [0.4, 0.5) is 5.69 Å². The van der Waals surface area contributed by atoms with E-state index in [1.165, 1.54) is 17.8 Å². The fourth-order valence-corrected chi connectivity index (χ4v) is 3.61. The lowest BCUT2D eigenvalue weighted by Gasteiger charge is -2.21. The molecule has 0 aliphatic carbocycles. The van der Waals surface area contributed by atoms with Crippen LogP contribution in [0.5, 0.6) is 0 Å². The van der Waals surface area contributed by atoms with Crippen molar-refractivity contribution in [3.05, 3.63) is 51.4 Å². The van der Waals surface area contributed by atoms with Crippen LogP contribution in [0.25, 0.3) is 0 Å². The molecule has 1 amide bonds. The highest BCUT2D eigenvalue weighted by Gasteiger charge is 2.20. The minimum absolute atomic E-state index is 0.103. The number of carbonyl (C=O) groups excluding carboxylic acids is 1. The molecule has 1 unspecified atom stereocenters. The van der Waals surface area contributed by atoms with E-state index in [1.807, 2.05) is 13.0 Å². The lowest BCUT2D eigenvalue weighted by molar-refractivity contribution is -0.115. The number of benzene rings is 1. The van der Waals surface area contributed by atoms with Gasteiger partial charge in [0.1, 0.15) is 0 Å². The molecule has 0 saturated heterocycles. The van der Waals surface area contributed by atoms with E-state index in [4.69, 9.17) is 0 Å². The molecule has 1 heterocycles. The molecule has 0 radical (unpaired) electrons. The molecule has 26 heavy (non-hydrogen) atoms. The number of aromatic amines is 1. The Morgan fingerprint density at radius 1 is 1.12 bits per heavy atom. The predicted molar refractivity (Wildman–Crippen MR) is 108 cm³/mol. The minimum Gasteiger partial charge on any atom is -0.325 e. The molecule has 0 saturated carbocycles. The minimum atomic E-state index is -0.389. The largest absolute Gasteiger partial charge is 0.325 e. The Morgan fingerprint density at radius 2 is 1.69 bits per heavy atom. The van der Waals surface area contributed by atoms with E-state index in [0.29, 0.717) is 22.7 Å². The number of anilines is 1. The van der Waals surface area contributed by atoms with Crippen LogP contribution in [0, 0.1) is 6.92 Å². The van der Waals surface area contributed by atoms with E-state index < -0.39 is 0 Å². The molecule has 0 aliphatic rings. The fraction of sp³-hybridized carbons (Fsp3) is 0.450. The number of para-hydroxylation sites is 1. The highest BCUT2D eigenvalue weighted by molar-refractivity contribution is 8.00. The summed E-state index contributed by atoms with van der Waals surface area (Å²) in [7, 11) is 0. The summed E-state index contributed by atoms with van der Waals surface area (Å²) in [5, 5.41) is 3.18. The first-order chi connectivity index (χ1) is 12.2. The maximum absolute atomic E-state index is 12.8. The van der Waals surface area contributed by atoms with E-state index in [2.05, 4.69) is 55.1 Å². The number of hydrogen-bond donors (Lipinski definition) is 2. The van der Waals surface area contributed by atoms with E-state index in [9.17, 15) is 9.59 Å². The number of carbonyl (C=O) groups is 1. The average Bonchev–Trinajstić information content (AvgIpc) is 2.53. The molecule has 0 aliphatic heterocycles. The molecule has 6 heteroatoms. The van der Waals surface area contributed by atoms with E-state index in [-0.39, 0.29) is 16.7 Å². The summed E-state index contributed by atoms with van der Waals surface area (Å²) in [6, 6.07) is 7.59. The number of aromatic nitrogens is 2. The first kappa shape index (κ1) is 20.2. The maximum Gasteiger partial charge on any atom is 0.251 e. The summed E-state index contributed by atoms with van der Waals surface area (Å²) in [4.78, 5) is 31.3. The molecule has 2 aromatic rings. The van der Waals surface area contributed by atoms with Crippen molar-refractivity contribution in [3.63, 3.8) is 0 Å². The van der Waals surface area contributed by atoms with Crippen LogP contribution in [-0.2, 0) is 4.79 Å². The molecular formula is C20H27N3O2S. The van der Waals surface area contributed by atoms with Crippen LogP contribution in [0.2, 0.25) is 0 Å². The van der Waals surface area contributed by atoms with Crippen molar-refractivity contribution in [3.8, 4) is 0 Å². The van der Waals surface area contributed by atoms with Gasteiger partial charge in [-0.1, -0.05) is 57.7 Å². The maximum atomic E-state index is 12.8. The zero-order chi connectivity index (χ0) is 19.4. The van der Waals surface area contributed by atoms with Gasteiger partial charge >= 0.3 is 0 Å². The number of nitrogens with zero attached hydrogens (tertiary/aromatic N) is 1. The molecule has 0 fully saturated rings. The van der Waals surface area contributed by atoms with Crippen molar-refractivity contribution >= 4 is 23.4 Å². The molecule has 0 spiro atoms. The lowest BCUT2D eigenvalue weighted by Crippen LogP contribution is -2.25. The third-order valence-electron chi connectivity index (χ3n) is 4.13. The second-order valence-electron chi connectivity index (χ2n) is 7.06. The molecule has 0 bridgehead atoms. The number of aryl methyl sites for hydroxylation is 1. The number of nitrogens with one attached hydrogen (secondary N) is 2. The number of hydrogen-bond acceptors (Lipinski definition) is 4. The van der Waals surface area contributed by atoms with Crippen LogP contribution < -0.4 is 10.9 Å². The highest BCUT2D eigenvalue weighted by Crippen LogP contribution is 2.33. The van der Waals surface area contributed by atoms with Crippen LogP contribution in [0.3, 0.4) is 0 Å². The number of thioether (sulfide) groups is 1. The summed E-state index contributed by atoms with van der Waals surface area (Å²) in [5.41, 5.74) is 3.59. The van der Waals surface area contributed by atoms with Crippen molar-refractivity contribution < 1.29 is 4.79 Å². The van der Waals surface area contributed by atoms with Crippen LogP contribution >= 0.6 is 11.8 Å². The van der Waals surface area contributed by atoms with Gasteiger partial charge in [-0.05, 0) is 36.8 Å². The Bertz CT molecular complexity index is 817. The molecule has 2 N–H and O–H groups in total. The van der Waals surface area contributed by atoms with Crippen LogP contribution in [0.15, 0.2) is 34.2 Å². The first-order valence-electron chi connectivity index (χ1n) is 8.87. The Kier molecular flexibility index (Phi) is 6.64. The van der Waals surface area contributed by atoms with Gasteiger partial charge in [0, 0.05) is 17.4 Å². The fourth-order valence-electron chi connectivity index (χ4n) is 2.75. The Morgan fingerprint density at radius 3 is 2.19 bits per heavy atom. The van der Waals surface area contributed by atoms with Gasteiger partial charge in [0.25, 0.3) is 5.56 Å². The average molecular weight is 374 g/mol. The summed E-state index contributed by atoms with van der Waals surface area (Å²) >= 11 is 1.25. The number of rotatable bonds is 6. The first-order valence-corrected chi connectivity index (χ1v) is 9.75. The summed E-state index contributed by atoms with van der Waals surface area (Å²) < 4.78 is 0. The van der Waals surface area contributed by atoms with Gasteiger partial charge in [-0.15, -0.1) is 0 Å². The quantitative estimate of drug-likeness (QED) is 0.580. The van der Waals surface area contributed by atoms with Gasteiger partial charge in [-0.2, -0.15) is 0 Å². The molecule has 140 valence electrons. The predicted octanol–water partition coefficient (Wildman–Crippen LogP) is 4.44. The van der Waals surface area contributed by atoms with Crippen molar-refractivity contribution in [2.75, 3.05) is 5.32 Å². The summed E-state index contributed by atoms with van der Waals surface area (Å²) in [5.74, 6) is 0.512. The van der Waals surface area contributed by atoms with Crippen molar-refractivity contribution in [2.45, 2.75) is 63.8 Å². The second-order valence-corrected chi connectivity index (χ2v) is 8.39. The Hall–Kier alpha value is -2.08. The molecule has 1 aromatic heterocycles. The zero-order valence-corrected chi connectivity index (χ0v) is 17.0. The molecule has 2 rings (SSSR count). The van der Waals surface area contributed by atoms with Crippen LogP contribution in [-0.4, -0.2) is 21.1 Å². The third kappa shape index (κ3) is 4.97.